The van der Waals surface area contributed by atoms with Crippen molar-refractivity contribution in [3.63, 3.8) is 0 Å². The molecule has 1 aromatic rings. The molecule has 0 aromatic heterocycles. The van der Waals surface area contributed by atoms with Gasteiger partial charge < -0.3 is 5.11 Å². The highest BCUT2D eigenvalue weighted by Crippen LogP contribution is 2.20. The first-order chi connectivity index (χ1) is 8.20. The molecular weight excluding hydrogens is 214 g/mol. The van der Waals surface area contributed by atoms with Crippen molar-refractivity contribution < 1.29 is 9.90 Å². The van der Waals surface area contributed by atoms with Gasteiger partial charge in [0, 0.05) is 26.1 Å². The van der Waals surface area contributed by atoms with Crippen molar-refractivity contribution >= 4 is 5.97 Å². The molecule has 0 saturated carbocycles. The molecule has 0 radical (unpaired) electrons. The maximum absolute atomic E-state index is 10.9. The van der Waals surface area contributed by atoms with Gasteiger partial charge >= 0.3 is 5.97 Å². The summed E-state index contributed by atoms with van der Waals surface area (Å²) in [6, 6.07) is 5.38. The van der Waals surface area contributed by atoms with Crippen LogP contribution < -0.4 is 0 Å². The van der Waals surface area contributed by atoms with E-state index in [1.165, 1.54) is 5.56 Å². The molecule has 1 heterocycles. The summed E-state index contributed by atoms with van der Waals surface area (Å²) in [5, 5.41) is 8.95. The lowest BCUT2D eigenvalue weighted by molar-refractivity contribution is 0.0696. The van der Waals surface area contributed by atoms with Gasteiger partial charge in [0.05, 0.1) is 5.56 Å². The monoisotopic (exact) mass is 229 g/mol. The van der Waals surface area contributed by atoms with E-state index in [2.05, 4.69) is 10.8 Å². The fourth-order valence-electron chi connectivity index (χ4n) is 2.16. The SMILES string of the molecule is C#CCCN1CCc2ccc(C(=O)O)cc2C1. The van der Waals surface area contributed by atoms with Crippen LogP contribution in [0.5, 0.6) is 0 Å². The number of terminal acetylenes is 1. The second kappa shape index (κ2) is 5.03. The predicted molar refractivity (Wildman–Crippen MR) is 65.8 cm³/mol. The van der Waals surface area contributed by atoms with Crippen LogP contribution in [0.3, 0.4) is 0 Å². The number of hydrogen-bond acceptors (Lipinski definition) is 2. The number of nitrogens with zero attached hydrogens (tertiary/aromatic N) is 1. The Kier molecular flexibility index (Phi) is 3.46. The number of aromatic carboxylic acids is 1. The highest BCUT2D eigenvalue weighted by molar-refractivity contribution is 5.87. The summed E-state index contributed by atoms with van der Waals surface area (Å²) >= 11 is 0. The zero-order chi connectivity index (χ0) is 12.3. The maximum Gasteiger partial charge on any atom is 0.335 e. The number of carboxylic acids is 1. The number of rotatable bonds is 3. The fraction of sp³-hybridized carbons (Fsp3) is 0.357. The van der Waals surface area contributed by atoms with Crippen LogP contribution in [0.1, 0.15) is 27.9 Å². The molecule has 17 heavy (non-hydrogen) atoms. The lowest BCUT2D eigenvalue weighted by atomic mass is 9.97. The quantitative estimate of drug-likeness (QED) is 0.803. The van der Waals surface area contributed by atoms with Gasteiger partial charge in [0.2, 0.25) is 0 Å². The van der Waals surface area contributed by atoms with Gasteiger partial charge in [-0.05, 0) is 29.7 Å². The van der Waals surface area contributed by atoms with E-state index in [1.807, 2.05) is 6.07 Å². The van der Waals surface area contributed by atoms with E-state index in [-0.39, 0.29) is 0 Å². The Labute approximate surface area is 101 Å². The average molecular weight is 229 g/mol. The minimum atomic E-state index is -0.867. The van der Waals surface area contributed by atoms with Crippen LogP contribution in [-0.2, 0) is 13.0 Å². The molecule has 0 spiro atoms. The summed E-state index contributed by atoms with van der Waals surface area (Å²) in [6.45, 7) is 2.69. The molecule has 0 bridgehead atoms. The second-order valence-corrected chi connectivity index (χ2v) is 4.27. The van der Waals surface area contributed by atoms with Crippen LogP contribution in [-0.4, -0.2) is 29.1 Å². The molecule has 1 aromatic carbocycles. The Morgan fingerprint density at radius 2 is 2.29 bits per heavy atom. The largest absolute Gasteiger partial charge is 0.478 e. The van der Waals surface area contributed by atoms with Crippen molar-refractivity contribution in [2.45, 2.75) is 19.4 Å². The van der Waals surface area contributed by atoms with Crippen molar-refractivity contribution in [2.75, 3.05) is 13.1 Å². The molecule has 1 N–H and O–H groups in total. The first-order valence-corrected chi connectivity index (χ1v) is 5.71. The van der Waals surface area contributed by atoms with Crippen LogP contribution in [0.15, 0.2) is 18.2 Å². The normalized spacial score (nSPS) is 15.0. The zero-order valence-corrected chi connectivity index (χ0v) is 9.65. The van der Waals surface area contributed by atoms with Gasteiger partial charge in [-0.2, -0.15) is 0 Å². The molecule has 0 amide bonds. The molecule has 0 atom stereocenters. The Morgan fingerprint density at radius 3 is 3.00 bits per heavy atom. The molecule has 3 nitrogen and oxygen atoms in total. The highest BCUT2D eigenvalue weighted by Gasteiger charge is 2.17. The van der Waals surface area contributed by atoms with E-state index >= 15 is 0 Å². The summed E-state index contributed by atoms with van der Waals surface area (Å²) in [6.07, 6.45) is 6.97. The van der Waals surface area contributed by atoms with Crippen LogP contribution >= 0.6 is 0 Å². The first-order valence-electron chi connectivity index (χ1n) is 5.71. The number of carboxylic acid groups (broad SMARTS) is 1. The van der Waals surface area contributed by atoms with Crippen molar-refractivity contribution in [2.24, 2.45) is 0 Å². The standard InChI is InChI=1S/C14H15NO2/c1-2-3-7-15-8-6-11-4-5-12(14(16)17)9-13(11)10-15/h1,4-5,9H,3,6-8,10H2,(H,16,17). The number of benzene rings is 1. The van der Waals surface area contributed by atoms with E-state index in [0.717, 1.165) is 38.0 Å². The molecule has 1 aliphatic rings. The molecule has 0 fully saturated rings. The first kappa shape index (κ1) is 11.7. The van der Waals surface area contributed by atoms with Crippen LogP contribution in [0.4, 0.5) is 0 Å². The molecule has 0 unspecified atom stereocenters. The van der Waals surface area contributed by atoms with Crippen molar-refractivity contribution in [3.05, 3.63) is 34.9 Å². The van der Waals surface area contributed by atoms with E-state index in [4.69, 9.17) is 11.5 Å². The minimum absolute atomic E-state index is 0.363. The van der Waals surface area contributed by atoms with Crippen LogP contribution in [0.2, 0.25) is 0 Å². The molecule has 1 aliphatic heterocycles. The van der Waals surface area contributed by atoms with E-state index in [1.54, 1.807) is 12.1 Å². The highest BCUT2D eigenvalue weighted by atomic mass is 16.4. The van der Waals surface area contributed by atoms with Crippen LogP contribution in [0.25, 0.3) is 0 Å². The summed E-state index contributed by atoms with van der Waals surface area (Å²) in [4.78, 5) is 13.2. The van der Waals surface area contributed by atoms with Crippen LogP contribution in [0, 0.1) is 12.3 Å². The topological polar surface area (TPSA) is 40.5 Å². The van der Waals surface area contributed by atoms with Gasteiger partial charge in [-0.15, -0.1) is 12.3 Å². The summed E-state index contributed by atoms with van der Waals surface area (Å²) in [7, 11) is 0. The minimum Gasteiger partial charge on any atom is -0.478 e. The third-order valence-electron chi connectivity index (χ3n) is 3.12. The Bertz CT molecular complexity index is 474. The number of carbonyl (C=O) groups is 1. The molecular formula is C14H15NO2. The number of hydrogen-bond donors (Lipinski definition) is 1. The summed E-state index contributed by atoms with van der Waals surface area (Å²) in [5.74, 6) is 1.77. The molecule has 2 rings (SSSR count). The molecule has 3 heteroatoms. The molecule has 0 aliphatic carbocycles. The second-order valence-electron chi connectivity index (χ2n) is 4.27. The fourth-order valence-corrected chi connectivity index (χ4v) is 2.16. The molecule has 88 valence electrons. The van der Waals surface area contributed by atoms with Gasteiger partial charge in [0.25, 0.3) is 0 Å². The third-order valence-corrected chi connectivity index (χ3v) is 3.12. The Morgan fingerprint density at radius 1 is 1.47 bits per heavy atom. The van der Waals surface area contributed by atoms with Crippen molar-refractivity contribution in [1.29, 1.82) is 0 Å². The van der Waals surface area contributed by atoms with Crippen molar-refractivity contribution in [1.82, 2.24) is 4.90 Å². The van der Waals surface area contributed by atoms with Crippen molar-refractivity contribution in [3.8, 4) is 12.3 Å². The smallest absolute Gasteiger partial charge is 0.335 e. The van der Waals surface area contributed by atoms with E-state index in [9.17, 15) is 4.79 Å². The maximum atomic E-state index is 10.9. The lowest BCUT2D eigenvalue weighted by Gasteiger charge is -2.28. The van der Waals surface area contributed by atoms with E-state index in [0.29, 0.717) is 5.56 Å². The molecule has 0 saturated heterocycles. The predicted octanol–water partition coefficient (Wildman–Crippen LogP) is 1.77. The lowest BCUT2D eigenvalue weighted by Crippen LogP contribution is -2.31. The van der Waals surface area contributed by atoms with Gasteiger partial charge in [0.15, 0.2) is 0 Å². The Balaban J connectivity index is 2.15. The van der Waals surface area contributed by atoms with E-state index < -0.39 is 5.97 Å². The summed E-state index contributed by atoms with van der Waals surface area (Å²) in [5.41, 5.74) is 2.74. The summed E-state index contributed by atoms with van der Waals surface area (Å²) < 4.78 is 0. The number of fused-ring (bicyclic) bond motifs is 1. The zero-order valence-electron chi connectivity index (χ0n) is 9.65. The third kappa shape index (κ3) is 2.66. The van der Waals surface area contributed by atoms with Gasteiger partial charge in [-0.25, -0.2) is 4.79 Å². The van der Waals surface area contributed by atoms with Gasteiger partial charge in [0.1, 0.15) is 0 Å². The van der Waals surface area contributed by atoms with Gasteiger partial charge in [-0.3, -0.25) is 4.90 Å². The van der Waals surface area contributed by atoms with Gasteiger partial charge in [-0.1, -0.05) is 6.07 Å². The Hall–Kier alpha value is -1.79. The average Bonchev–Trinajstić information content (AvgIpc) is 2.35.